The molecule has 27 heavy (non-hydrogen) atoms. The number of halogens is 5. The van der Waals surface area contributed by atoms with E-state index in [4.69, 9.17) is 11.6 Å². The molecule has 2 aromatic rings. The summed E-state index contributed by atoms with van der Waals surface area (Å²) in [5, 5.41) is 8.59. The lowest BCUT2D eigenvalue weighted by atomic mass is 10.3. The van der Waals surface area contributed by atoms with E-state index in [-0.39, 0.29) is 11.4 Å². The van der Waals surface area contributed by atoms with Crippen LogP contribution in [0.5, 0.6) is 0 Å². The fourth-order valence-corrected chi connectivity index (χ4v) is 2.49. The van der Waals surface area contributed by atoms with E-state index in [2.05, 4.69) is 20.3 Å². The van der Waals surface area contributed by atoms with Crippen molar-refractivity contribution in [2.45, 2.75) is 32.9 Å². The molecule has 0 aromatic carbocycles. The number of amides is 1. The summed E-state index contributed by atoms with van der Waals surface area (Å²) in [4.78, 5) is 23.9. The van der Waals surface area contributed by atoms with Gasteiger partial charge < -0.3 is 10.1 Å². The van der Waals surface area contributed by atoms with E-state index in [1.165, 1.54) is 10.9 Å². The van der Waals surface area contributed by atoms with Crippen molar-refractivity contribution in [1.29, 1.82) is 0 Å². The van der Waals surface area contributed by atoms with Crippen LogP contribution in [0.2, 0.25) is 5.02 Å². The van der Waals surface area contributed by atoms with Crippen LogP contribution in [0.15, 0.2) is 6.20 Å². The average Bonchev–Trinajstić information content (AvgIpc) is 3.14. The number of ether oxygens (including phenoxy) is 1. The zero-order chi connectivity index (χ0) is 20.3. The number of nitrogens with zero attached hydrogens (tertiary/aromatic N) is 4. The quantitative estimate of drug-likeness (QED) is 0.558. The Morgan fingerprint density at radius 3 is 2.44 bits per heavy atom. The van der Waals surface area contributed by atoms with Crippen molar-refractivity contribution in [2.75, 3.05) is 12.4 Å². The van der Waals surface area contributed by atoms with Crippen molar-refractivity contribution < 1.29 is 31.9 Å². The van der Waals surface area contributed by atoms with Crippen LogP contribution >= 0.6 is 11.6 Å². The number of rotatable bonds is 7. The van der Waals surface area contributed by atoms with E-state index in [9.17, 15) is 27.2 Å². The number of nitrogens with one attached hydrogen (secondary N) is 1. The highest BCUT2D eigenvalue weighted by atomic mass is 35.5. The normalized spacial score (nSPS) is 11.3. The van der Waals surface area contributed by atoms with Crippen molar-refractivity contribution in [3.05, 3.63) is 28.3 Å². The minimum atomic E-state index is -3.22. The molecular weight excluding hydrogens is 398 g/mol. The first kappa shape index (κ1) is 20.7. The van der Waals surface area contributed by atoms with E-state index in [1.54, 1.807) is 6.92 Å². The standard InChI is InChI=1S/C14H14ClF4N5O3/c1-3-23-4-6(9(21-23)14(26)27-2)20-7(25)5-24-11(13(18)19)8(15)10(22-24)12(16)17/h4,12-13H,3,5H2,1-2H3,(H,20,25). The molecule has 0 saturated carbocycles. The maximum Gasteiger partial charge on any atom is 0.360 e. The molecule has 2 aromatic heterocycles. The summed E-state index contributed by atoms with van der Waals surface area (Å²) in [6.07, 6.45) is -5.08. The predicted octanol–water partition coefficient (Wildman–Crippen LogP) is 3.05. The maximum atomic E-state index is 13.1. The Labute approximate surface area is 155 Å². The minimum Gasteiger partial charge on any atom is -0.464 e. The molecule has 1 amide bonds. The van der Waals surface area contributed by atoms with Gasteiger partial charge in [-0.15, -0.1) is 0 Å². The first-order valence-corrected chi connectivity index (χ1v) is 7.85. The zero-order valence-corrected chi connectivity index (χ0v) is 14.8. The van der Waals surface area contributed by atoms with Crippen molar-refractivity contribution in [3.8, 4) is 0 Å². The van der Waals surface area contributed by atoms with Crippen LogP contribution in [0, 0.1) is 0 Å². The summed E-state index contributed by atoms with van der Waals surface area (Å²) in [6.45, 7) is 1.28. The average molecular weight is 412 g/mol. The lowest BCUT2D eigenvalue weighted by molar-refractivity contribution is -0.117. The summed E-state index contributed by atoms with van der Waals surface area (Å²) in [7, 11) is 1.12. The third kappa shape index (κ3) is 4.38. The predicted molar refractivity (Wildman–Crippen MR) is 85.0 cm³/mol. The topological polar surface area (TPSA) is 91.0 Å². The molecule has 0 bridgehead atoms. The van der Waals surface area contributed by atoms with Crippen LogP contribution in [0.4, 0.5) is 23.2 Å². The molecule has 0 aliphatic heterocycles. The fourth-order valence-electron chi connectivity index (χ4n) is 2.19. The molecule has 0 atom stereocenters. The minimum absolute atomic E-state index is 0.0281. The van der Waals surface area contributed by atoms with Gasteiger partial charge in [-0.3, -0.25) is 14.2 Å². The molecular formula is C14H14ClF4N5O3. The number of anilines is 1. The molecule has 148 valence electrons. The van der Waals surface area contributed by atoms with Gasteiger partial charge in [-0.25, -0.2) is 22.4 Å². The van der Waals surface area contributed by atoms with Gasteiger partial charge >= 0.3 is 5.97 Å². The van der Waals surface area contributed by atoms with E-state index in [0.717, 1.165) is 7.11 Å². The summed E-state index contributed by atoms with van der Waals surface area (Å²) in [6, 6.07) is 0. The Bertz CT molecular complexity index is 852. The number of hydrogen-bond acceptors (Lipinski definition) is 5. The molecule has 8 nitrogen and oxygen atoms in total. The van der Waals surface area contributed by atoms with Crippen LogP contribution < -0.4 is 5.32 Å². The molecule has 13 heteroatoms. The lowest BCUT2D eigenvalue weighted by Gasteiger charge is -2.08. The maximum absolute atomic E-state index is 13.1. The summed E-state index contributed by atoms with van der Waals surface area (Å²) in [5.41, 5.74) is -2.28. The summed E-state index contributed by atoms with van der Waals surface area (Å²) in [5.74, 6) is -1.73. The van der Waals surface area contributed by atoms with Gasteiger partial charge in [0, 0.05) is 12.7 Å². The molecule has 0 radical (unpaired) electrons. The Balaban J connectivity index is 2.28. The van der Waals surface area contributed by atoms with Crippen molar-refractivity contribution >= 4 is 29.2 Å². The monoisotopic (exact) mass is 411 g/mol. The molecule has 2 rings (SSSR count). The van der Waals surface area contributed by atoms with Gasteiger partial charge in [0.05, 0.1) is 17.8 Å². The molecule has 0 aliphatic rings. The Kier molecular flexibility index (Phi) is 6.41. The number of carbonyl (C=O) groups excluding carboxylic acids is 2. The van der Waals surface area contributed by atoms with Gasteiger partial charge in [0.15, 0.2) is 5.69 Å². The van der Waals surface area contributed by atoms with Gasteiger partial charge in [-0.05, 0) is 6.92 Å². The Morgan fingerprint density at radius 1 is 1.26 bits per heavy atom. The highest BCUT2D eigenvalue weighted by Gasteiger charge is 2.29. The fraction of sp³-hybridized carbons (Fsp3) is 0.429. The first-order chi connectivity index (χ1) is 12.7. The largest absolute Gasteiger partial charge is 0.464 e. The molecule has 2 heterocycles. The second kappa shape index (κ2) is 8.37. The van der Waals surface area contributed by atoms with Gasteiger partial charge in [-0.2, -0.15) is 10.2 Å². The highest BCUT2D eigenvalue weighted by molar-refractivity contribution is 6.32. The van der Waals surface area contributed by atoms with Crippen LogP contribution in [-0.2, 0) is 22.6 Å². The van der Waals surface area contributed by atoms with Gasteiger partial charge in [0.1, 0.15) is 17.9 Å². The molecule has 0 spiro atoms. The second-order valence-corrected chi connectivity index (χ2v) is 5.51. The number of aryl methyl sites for hydroxylation is 1. The van der Waals surface area contributed by atoms with Crippen LogP contribution in [-0.4, -0.2) is 38.5 Å². The van der Waals surface area contributed by atoms with Crippen molar-refractivity contribution in [2.24, 2.45) is 0 Å². The third-order valence-corrected chi connectivity index (χ3v) is 3.79. The zero-order valence-electron chi connectivity index (χ0n) is 14.0. The Hall–Kier alpha value is -2.63. The molecule has 0 saturated heterocycles. The van der Waals surface area contributed by atoms with Gasteiger partial charge in [0.25, 0.3) is 12.9 Å². The molecule has 0 fully saturated rings. The van der Waals surface area contributed by atoms with E-state index in [0.29, 0.717) is 11.2 Å². The van der Waals surface area contributed by atoms with Gasteiger partial charge in [-0.1, -0.05) is 11.6 Å². The van der Waals surface area contributed by atoms with Crippen molar-refractivity contribution in [1.82, 2.24) is 19.6 Å². The number of aromatic nitrogens is 4. The number of hydrogen-bond donors (Lipinski definition) is 1. The smallest absolute Gasteiger partial charge is 0.360 e. The second-order valence-electron chi connectivity index (χ2n) is 5.13. The molecule has 0 unspecified atom stereocenters. The number of esters is 1. The summed E-state index contributed by atoms with van der Waals surface area (Å²) < 4.78 is 58.1. The number of carbonyl (C=O) groups is 2. The number of methoxy groups -OCH3 is 1. The highest BCUT2D eigenvalue weighted by Crippen LogP contribution is 2.34. The lowest BCUT2D eigenvalue weighted by Crippen LogP contribution is -2.22. The van der Waals surface area contributed by atoms with Gasteiger partial charge in [0.2, 0.25) is 5.91 Å². The first-order valence-electron chi connectivity index (χ1n) is 7.47. The van der Waals surface area contributed by atoms with Crippen molar-refractivity contribution in [3.63, 3.8) is 0 Å². The molecule has 0 aliphatic carbocycles. The van der Waals surface area contributed by atoms with E-state index < -0.39 is 47.7 Å². The van der Waals surface area contributed by atoms with Crippen LogP contribution in [0.1, 0.15) is 41.7 Å². The van der Waals surface area contributed by atoms with Crippen LogP contribution in [0.25, 0.3) is 0 Å². The van der Waals surface area contributed by atoms with Crippen LogP contribution in [0.3, 0.4) is 0 Å². The summed E-state index contributed by atoms with van der Waals surface area (Å²) >= 11 is 5.52. The molecule has 1 N–H and O–H groups in total. The number of alkyl halides is 4. The SMILES string of the molecule is CCn1cc(NC(=O)Cn2nc(C(F)F)c(Cl)c2C(F)F)c(C(=O)OC)n1. The third-order valence-electron chi connectivity index (χ3n) is 3.40. The van der Waals surface area contributed by atoms with E-state index in [1.807, 2.05) is 0 Å². The van der Waals surface area contributed by atoms with E-state index >= 15 is 0 Å². The Morgan fingerprint density at radius 2 is 1.93 bits per heavy atom.